The molecule has 1 rings (SSSR count). The summed E-state index contributed by atoms with van der Waals surface area (Å²) in [6.07, 6.45) is 3.75. The second-order valence-corrected chi connectivity index (χ2v) is 6.59. The molecule has 8 heteroatoms. The number of hydrogen-bond acceptors (Lipinski definition) is 5. The van der Waals surface area contributed by atoms with Gasteiger partial charge in [-0.25, -0.2) is 4.79 Å². The molecule has 28 heavy (non-hydrogen) atoms. The Morgan fingerprint density at radius 3 is 2.36 bits per heavy atom. The van der Waals surface area contributed by atoms with Crippen molar-refractivity contribution in [3.8, 4) is 0 Å². The maximum atomic E-state index is 11.9. The van der Waals surface area contributed by atoms with Crippen LogP contribution in [0.25, 0.3) is 0 Å². The maximum Gasteiger partial charge on any atom is 0.407 e. The molecule has 0 fully saturated rings. The first-order valence-electron chi connectivity index (χ1n) is 9.68. The minimum atomic E-state index is -0.801. The second-order valence-electron chi connectivity index (χ2n) is 6.59. The molecule has 5 N–H and O–H groups in total. The van der Waals surface area contributed by atoms with E-state index >= 15 is 0 Å². The van der Waals surface area contributed by atoms with Crippen molar-refractivity contribution in [2.45, 2.75) is 57.6 Å². The summed E-state index contributed by atoms with van der Waals surface area (Å²) in [6, 6.07) is 8.86. The highest BCUT2D eigenvalue weighted by atomic mass is 16.5. The van der Waals surface area contributed by atoms with Crippen LogP contribution >= 0.6 is 0 Å². The number of benzene rings is 1. The third-order valence-corrected chi connectivity index (χ3v) is 4.13. The molecule has 0 aliphatic rings. The Bertz CT molecular complexity index is 595. The van der Waals surface area contributed by atoms with Crippen LogP contribution in [0.3, 0.4) is 0 Å². The predicted octanol–water partition coefficient (Wildman–Crippen LogP) is 2.17. The molecular weight excluding hydrogens is 362 g/mol. The van der Waals surface area contributed by atoms with E-state index in [4.69, 9.17) is 15.6 Å². The fourth-order valence-corrected chi connectivity index (χ4v) is 2.51. The highest BCUT2D eigenvalue weighted by Crippen LogP contribution is 2.02. The summed E-state index contributed by atoms with van der Waals surface area (Å²) in [5.41, 5.74) is 6.78. The summed E-state index contributed by atoms with van der Waals surface area (Å²) in [6.45, 7) is 1.19. The van der Waals surface area contributed by atoms with Gasteiger partial charge >= 0.3 is 12.1 Å². The van der Waals surface area contributed by atoms with E-state index in [2.05, 4.69) is 10.6 Å². The van der Waals surface area contributed by atoms with Crippen molar-refractivity contribution in [1.29, 1.82) is 0 Å². The first kappa shape index (κ1) is 23.4. The van der Waals surface area contributed by atoms with Crippen molar-refractivity contribution >= 4 is 18.0 Å². The molecule has 156 valence electrons. The number of hydrogen-bond donors (Lipinski definition) is 4. The number of ether oxygens (including phenoxy) is 1. The molecule has 1 atom stereocenters. The molecule has 1 aromatic carbocycles. The zero-order valence-electron chi connectivity index (χ0n) is 16.2. The summed E-state index contributed by atoms with van der Waals surface area (Å²) in [4.78, 5) is 33.8. The standard InChI is InChI=1S/C20H31N3O5/c21-17(19(26)22-13-7-2-5-12-18(24)25)11-6-8-14-23-20(27)28-15-16-9-3-1-4-10-16/h1,3-4,9-10,17H,2,5-8,11-15,21H2,(H,22,26)(H,23,27)(H,24,25). The number of nitrogens with one attached hydrogen (secondary N) is 2. The van der Waals surface area contributed by atoms with E-state index in [-0.39, 0.29) is 18.9 Å². The van der Waals surface area contributed by atoms with Gasteiger partial charge in [0.15, 0.2) is 0 Å². The van der Waals surface area contributed by atoms with Crippen LogP contribution < -0.4 is 16.4 Å². The van der Waals surface area contributed by atoms with Crippen LogP contribution in [0, 0.1) is 0 Å². The number of alkyl carbamates (subject to hydrolysis) is 1. The Morgan fingerprint density at radius 1 is 0.964 bits per heavy atom. The molecule has 0 aliphatic heterocycles. The van der Waals surface area contributed by atoms with E-state index in [1.54, 1.807) is 0 Å². The highest BCUT2D eigenvalue weighted by Gasteiger charge is 2.12. The molecule has 0 spiro atoms. The van der Waals surface area contributed by atoms with Gasteiger partial charge < -0.3 is 26.2 Å². The van der Waals surface area contributed by atoms with Gasteiger partial charge in [-0.1, -0.05) is 36.8 Å². The van der Waals surface area contributed by atoms with Crippen LogP contribution in [0.15, 0.2) is 30.3 Å². The Hall–Kier alpha value is -2.61. The average molecular weight is 393 g/mol. The fourth-order valence-electron chi connectivity index (χ4n) is 2.51. The Kier molecular flexibility index (Phi) is 12.1. The van der Waals surface area contributed by atoms with E-state index in [1.165, 1.54) is 0 Å². The lowest BCUT2D eigenvalue weighted by Gasteiger charge is -2.12. The molecule has 0 aliphatic carbocycles. The molecule has 0 bridgehead atoms. The second kappa shape index (κ2) is 14.4. The SMILES string of the molecule is NC(CCCCNC(=O)OCc1ccccc1)C(=O)NCCCCCC(=O)O. The fraction of sp³-hybridized carbons (Fsp3) is 0.550. The van der Waals surface area contributed by atoms with Gasteiger partial charge in [0, 0.05) is 19.5 Å². The van der Waals surface area contributed by atoms with Crippen LogP contribution in [0.2, 0.25) is 0 Å². The molecule has 0 radical (unpaired) electrons. The quantitative estimate of drug-likeness (QED) is 0.358. The number of rotatable bonds is 14. The van der Waals surface area contributed by atoms with Crippen molar-refractivity contribution in [3.05, 3.63) is 35.9 Å². The number of carbonyl (C=O) groups is 3. The van der Waals surface area contributed by atoms with Crippen molar-refractivity contribution in [2.75, 3.05) is 13.1 Å². The number of carboxylic acids is 1. The Balaban J connectivity index is 1.98. The molecule has 8 nitrogen and oxygen atoms in total. The first-order valence-corrected chi connectivity index (χ1v) is 9.68. The van der Waals surface area contributed by atoms with Crippen molar-refractivity contribution in [2.24, 2.45) is 5.73 Å². The van der Waals surface area contributed by atoms with Crippen LogP contribution in [-0.4, -0.2) is 42.2 Å². The van der Waals surface area contributed by atoms with Crippen molar-refractivity contribution in [3.63, 3.8) is 0 Å². The number of carbonyl (C=O) groups excluding carboxylic acids is 2. The first-order chi connectivity index (χ1) is 13.5. The van der Waals surface area contributed by atoms with Crippen LogP contribution in [0.4, 0.5) is 4.79 Å². The average Bonchev–Trinajstić information content (AvgIpc) is 2.69. The minimum Gasteiger partial charge on any atom is -0.481 e. The van der Waals surface area contributed by atoms with Gasteiger partial charge in [-0.2, -0.15) is 0 Å². The topological polar surface area (TPSA) is 131 Å². The van der Waals surface area contributed by atoms with Gasteiger partial charge in [-0.15, -0.1) is 0 Å². The van der Waals surface area contributed by atoms with E-state index < -0.39 is 18.1 Å². The number of unbranched alkanes of at least 4 members (excludes halogenated alkanes) is 3. The van der Waals surface area contributed by atoms with E-state index in [9.17, 15) is 14.4 Å². The van der Waals surface area contributed by atoms with E-state index in [0.29, 0.717) is 38.8 Å². The summed E-state index contributed by atoms with van der Waals surface area (Å²) in [5, 5.41) is 14.0. The van der Waals surface area contributed by atoms with Crippen molar-refractivity contribution < 1.29 is 24.2 Å². The number of aliphatic carboxylic acids is 1. The van der Waals surface area contributed by atoms with Gasteiger partial charge in [0.2, 0.25) is 5.91 Å². The summed E-state index contributed by atoms with van der Waals surface area (Å²) in [5.74, 6) is -1.00. The monoisotopic (exact) mass is 393 g/mol. The predicted molar refractivity (Wildman–Crippen MR) is 106 cm³/mol. The lowest BCUT2D eigenvalue weighted by Crippen LogP contribution is -2.41. The highest BCUT2D eigenvalue weighted by molar-refractivity contribution is 5.81. The summed E-state index contributed by atoms with van der Waals surface area (Å²) >= 11 is 0. The Morgan fingerprint density at radius 2 is 1.64 bits per heavy atom. The van der Waals surface area contributed by atoms with Crippen LogP contribution in [0.5, 0.6) is 0 Å². The maximum absolute atomic E-state index is 11.9. The molecule has 0 aromatic heterocycles. The molecule has 1 unspecified atom stereocenters. The van der Waals surface area contributed by atoms with Gasteiger partial charge in [0.05, 0.1) is 6.04 Å². The zero-order chi connectivity index (χ0) is 20.6. The lowest BCUT2D eigenvalue weighted by atomic mass is 10.1. The lowest BCUT2D eigenvalue weighted by molar-refractivity contribution is -0.137. The van der Waals surface area contributed by atoms with Gasteiger partial charge in [0.25, 0.3) is 0 Å². The largest absolute Gasteiger partial charge is 0.481 e. The van der Waals surface area contributed by atoms with Gasteiger partial charge in [0.1, 0.15) is 6.61 Å². The summed E-state index contributed by atoms with van der Waals surface area (Å²) in [7, 11) is 0. The molecule has 1 aromatic rings. The molecular formula is C20H31N3O5. The van der Waals surface area contributed by atoms with Crippen LogP contribution in [0.1, 0.15) is 50.5 Å². The molecule has 0 heterocycles. The smallest absolute Gasteiger partial charge is 0.407 e. The molecule has 0 saturated heterocycles. The van der Waals surface area contributed by atoms with Crippen molar-refractivity contribution in [1.82, 2.24) is 10.6 Å². The third kappa shape index (κ3) is 11.9. The Labute approximate surface area is 165 Å². The third-order valence-electron chi connectivity index (χ3n) is 4.13. The zero-order valence-corrected chi connectivity index (χ0v) is 16.2. The summed E-state index contributed by atoms with van der Waals surface area (Å²) < 4.78 is 5.11. The molecule has 0 saturated carbocycles. The number of nitrogens with two attached hydrogens (primary N) is 1. The van der Waals surface area contributed by atoms with Crippen LogP contribution in [-0.2, 0) is 20.9 Å². The normalized spacial score (nSPS) is 11.5. The number of carboxylic acid groups (broad SMARTS) is 1. The van der Waals surface area contributed by atoms with E-state index in [1.807, 2.05) is 30.3 Å². The number of amides is 2. The van der Waals surface area contributed by atoms with Gasteiger partial charge in [-0.3, -0.25) is 9.59 Å². The minimum absolute atomic E-state index is 0.154. The molecule has 2 amide bonds. The van der Waals surface area contributed by atoms with E-state index in [0.717, 1.165) is 18.4 Å². The van der Waals surface area contributed by atoms with Gasteiger partial charge in [-0.05, 0) is 37.7 Å².